The molecule has 1 aliphatic carbocycles. The second-order valence-electron chi connectivity index (χ2n) is 8.59. The van der Waals surface area contributed by atoms with Crippen molar-refractivity contribution in [3.63, 3.8) is 0 Å². The summed E-state index contributed by atoms with van der Waals surface area (Å²) in [6.45, 7) is 6.11. The molecule has 1 aromatic heterocycles. The van der Waals surface area contributed by atoms with Gasteiger partial charge in [0.05, 0.1) is 17.6 Å². The first-order valence-corrected chi connectivity index (χ1v) is 10.6. The van der Waals surface area contributed by atoms with Crippen LogP contribution in [-0.2, 0) is 4.79 Å². The molecule has 9 nitrogen and oxygen atoms in total. The van der Waals surface area contributed by atoms with E-state index in [1.54, 1.807) is 6.20 Å². The van der Waals surface area contributed by atoms with Crippen LogP contribution in [0.5, 0.6) is 5.88 Å². The molecule has 1 saturated carbocycles. The Balaban J connectivity index is 0.00000225. The first kappa shape index (κ1) is 25.9. The maximum atomic E-state index is 12.2. The smallest absolute Gasteiger partial charge is 0.223 e. The molecular weight excluding hydrogens is 382 g/mol. The number of hydrogen-bond donors (Lipinski definition) is 5. The van der Waals surface area contributed by atoms with Crippen molar-refractivity contribution in [2.75, 3.05) is 31.2 Å². The monoisotopic (exact) mass is 423 g/mol. The predicted octanol–water partition coefficient (Wildman–Crippen LogP) is 2.96. The van der Waals surface area contributed by atoms with Crippen molar-refractivity contribution in [3.8, 4) is 5.88 Å². The highest BCUT2D eigenvalue weighted by Crippen LogP contribution is 2.30. The molecule has 9 heteroatoms. The van der Waals surface area contributed by atoms with E-state index in [0.717, 1.165) is 57.3 Å². The van der Waals surface area contributed by atoms with Gasteiger partial charge in [-0.1, -0.05) is 0 Å². The third kappa shape index (κ3) is 7.30. The molecule has 1 saturated heterocycles. The Hall–Kier alpha value is -2.10. The molecule has 0 spiro atoms. The van der Waals surface area contributed by atoms with Gasteiger partial charge in [-0.15, -0.1) is 0 Å². The van der Waals surface area contributed by atoms with E-state index in [1.165, 1.54) is 0 Å². The number of nitrogens with one attached hydrogen (secondary N) is 2. The van der Waals surface area contributed by atoms with Gasteiger partial charge < -0.3 is 38.3 Å². The lowest BCUT2D eigenvalue weighted by atomic mass is 9.85. The number of ether oxygens (including phenoxy) is 1. The topological polar surface area (TPSA) is 163 Å². The van der Waals surface area contributed by atoms with E-state index in [-0.39, 0.29) is 36.3 Å². The Labute approximate surface area is 180 Å². The second kappa shape index (κ2) is 11.9. The highest BCUT2D eigenvalue weighted by molar-refractivity contribution is 5.79. The Morgan fingerprint density at radius 3 is 2.40 bits per heavy atom. The van der Waals surface area contributed by atoms with Crippen molar-refractivity contribution in [1.29, 1.82) is 0 Å². The molecule has 1 aromatic rings. The van der Waals surface area contributed by atoms with Crippen LogP contribution in [0.4, 0.5) is 11.4 Å². The van der Waals surface area contributed by atoms with Gasteiger partial charge in [-0.2, -0.15) is 0 Å². The Kier molecular flexibility index (Phi) is 10.3. The van der Waals surface area contributed by atoms with Crippen LogP contribution in [0.15, 0.2) is 12.3 Å². The van der Waals surface area contributed by atoms with Gasteiger partial charge in [-0.3, -0.25) is 4.79 Å². The number of likely N-dealkylation sites (tertiary alicyclic amines) is 1. The summed E-state index contributed by atoms with van der Waals surface area (Å²) in [7, 11) is 2.14. The number of nitrogen functional groups attached to an aromatic ring is 1. The molecule has 2 aliphatic rings. The zero-order valence-electron chi connectivity index (χ0n) is 18.8. The highest BCUT2D eigenvalue weighted by Gasteiger charge is 2.27. The summed E-state index contributed by atoms with van der Waals surface area (Å²) in [6, 6.07) is 2.44. The number of piperidine rings is 1. The minimum absolute atomic E-state index is 0. The molecular formula is C21H41N7O2. The minimum atomic E-state index is 0. The maximum Gasteiger partial charge on any atom is 0.223 e. The molecule has 0 aromatic carbocycles. The summed E-state index contributed by atoms with van der Waals surface area (Å²) in [5, 5.41) is 6.58. The molecule has 1 amide bonds. The van der Waals surface area contributed by atoms with E-state index in [2.05, 4.69) is 27.6 Å². The lowest BCUT2D eigenvalue weighted by Crippen LogP contribution is -2.39. The quantitative estimate of drug-likeness (QED) is 0.466. The third-order valence-corrected chi connectivity index (χ3v) is 5.75. The van der Waals surface area contributed by atoms with E-state index in [0.29, 0.717) is 17.6 Å². The van der Waals surface area contributed by atoms with E-state index in [4.69, 9.17) is 10.5 Å². The van der Waals surface area contributed by atoms with Gasteiger partial charge in [-0.05, 0) is 59.4 Å². The van der Waals surface area contributed by atoms with Crippen LogP contribution in [-0.4, -0.2) is 54.1 Å². The van der Waals surface area contributed by atoms with Crippen molar-refractivity contribution in [3.05, 3.63) is 12.3 Å². The largest absolute Gasteiger partial charge is 0.474 e. The summed E-state index contributed by atoms with van der Waals surface area (Å²) in [5.74, 6) is 0.945. The predicted molar refractivity (Wildman–Crippen MR) is 122 cm³/mol. The molecule has 1 aliphatic heterocycles. The van der Waals surface area contributed by atoms with Gasteiger partial charge in [0.1, 0.15) is 6.10 Å². The van der Waals surface area contributed by atoms with Gasteiger partial charge >= 0.3 is 0 Å². The van der Waals surface area contributed by atoms with Crippen LogP contribution in [0.1, 0.15) is 52.4 Å². The molecule has 30 heavy (non-hydrogen) atoms. The highest BCUT2D eigenvalue weighted by atomic mass is 16.5. The molecule has 2 fully saturated rings. The fraction of sp³-hybridized carbons (Fsp3) is 0.714. The lowest BCUT2D eigenvalue weighted by molar-refractivity contribution is -0.126. The van der Waals surface area contributed by atoms with E-state index in [1.807, 2.05) is 19.9 Å². The number of aromatic nitrogens is 1. The van der Waals surface area contributed by atoms with E-state index >= 15 is 0 Å². The van der Waals surface area contributed by atoms with E-state index in [9.17, 15) is 4.79 Å². The molecule has 0 radical (unpaired) electrons. The van der Waals surface area contributed by atoms with Gasteiger partial charge in [0.15, 0.2) is 0 Å². The molecule has 3 rings (SSSR count). The number of nitrogens with zero attached hydrogens (tertiary/aromatic N) is 2. The fourth-order valence-corrected chi connectivity index (χ4v) is 4.03. The molecule has 0 unspecified atom stereocenters. The van der Waals surface area contributed by atoms with Crippen LogP contribution in [0, 0.1) is 5.92 Å². The number of rotatable bonds is 6. The first-order chi connectivity index (χ1) is 13.4. The number of amides is 1. The van der Waals surface area contributed by atoms with Crippen molar-refractivity contribution in [2.45, 2.75) is 70.6 Å². The maximum absolute atomic E-state index is 12.2. The average molecular weight is 424 g/mol. The lowest BCUT2D eigenvalue weighted by Gasteiger charge is -2.30. The Morgan fingerprint density at radius 1 is 1.17 bits per heavy atom. The summed E-state index contributed by atoms with van der Waals surface area (Å²) < 4.78 is 6.09. The molecule has 10 N–H and O–H groups in total. The SMILES string of the molecule is CC(C)NC(=O)[C@H]1CC[C@@H](Nc2cc(OC3CCN(C)CC3)ncc2N)CC1.N.N. The normalized spacial score (nSPS) is 22.5. The number of pyridine rings is 1. The number of carbonyl (C=O) groups excluding carboxylic acids is 1. The number of anilines is 2. The summed E-state index contributed by atoms with van der Waals surface area (Å²) in [6.07, 6.45) is 7.66. The standard InChI is InChI=1S/C21H35N5O2.2H3N/c1-14(2)24-21(27)15-4-6-16(7-5-15)25-19-12-20(23-13-18(19)22)28-17-8-10-26(3)11-9-17;;/h12-17H,4-11,22H2,1-3H3,(H,23,25)(H,24,27);2*1H3/t15-,16+;;. The molecule has 172 valence electrons. The van der Waals surface area contributed by atoms with Crippen LogP contribution in [0.2, 0.25) is 0 Å². The van der Waals surface area contributed by atoms with Crippen LogP contribution >= 0.6 is 0 Å². The summed E-state index contributed by atoms with van der Waals surface area (Å²) in [4.78, 5) is 18.9. The third-order valence-electron chi connectivity index (χ3n) is 5.75. The van der Waals surface area contributed by atoms with Gasteiger partial charge in [0, 0.05) is 37.2 Å². The van der Waals surface area contributed by atoms with Crippen molar-refractivity contribution in [1.82, 2.24) is 27.5 Å². The molecule has 0 bridgehead atoms. The summed E-state index contributed by atoms with van der Waals surface area (Å²) in [5.41, 5.74) is 7.65. The van der Waals surface area contributed by atoms with Gasteiger partial charge in [0.25, 0.3) is 0 Å². The van der Waals surface area contributed by atoms with E-state index < -0.39 is 0 Å². The van der Waals surface area contributed by atoms with Crippen LogP contribution < -0.4 is 33.4 Å². The zero-order valence-corrected chi connectivity index (χ0v) is 18.8. The average Bonchev–Trinajstić information content (AvgIpc) is 2.66. The Bertz CT molecular complexity index is 655. The van der Waals surface area contributed by atoms with Crippen LogP contribution in [0.3, 0.4) is 0 Å². The second-order valence-corrected chi connectivity index (χ2v) is 8.59. The Morgan fingerprint density at radius 2 is 1.80 bits per heavy atom. The minimum Gasteiger partial charge on any atom is -0.474 e. The van der Waals surface area contributed by atoms with Crippen LogP contribution in [0.25, 0.3) is 0 Å². The van der Waals surface area contributed by atoms with Gasteiger partial charge in [0.2, 0.25) is 11.8 Å². The summed E-state index contributed by atoms with van der Waals surface area (Å²) >= 11 is 0. The zero-order chi connectivity index (χ0) is 20.1. The van der Waals surface area contributed by atoms with Crippen molar-refractivity contribution >= 4 is 17.3 Å². The first-order valence-electron chi connectivity index (χ1n) is 10.6. The number of hydrogen-bond acceptors (Lipinski definition) is 8. The van der Waals surface area contributed by atoms with Crippen molar-refractivity contribution in [2.24, 2.45) is 5.92 Å². The van der Waals surface area contributed by atoms with Crippen molar-refractivity contribution < 1.29 is 9.53 Å². The number of carbonyl (C=O) groups is 1. The molecule has 0 atom stereocenters. The fourth-order valence-electron chi connectivity index (χ4n) is 4.03. The van der Waals surface area contributed by atoms with Gasteiger partial charge in [-0.25, -0.2) is 4.98 Å². The number of nitrogens with two attached hydrogens (primary N) is 1. The molecule has 2 heterocycles.